The van der Waals surface area contributed by atoms with E-state index in [1.807, 2.05) is 30.3 Å². The zero-order valence-electron chi connectivity index (χ0n) is 12.7. The van der Waals surface area contributed by atoms with E-state index in [2.05, 4.69) is 5.10 Å². The predicted molar refractivity (Wildman–Crippen MR) is 93.1 cm³/mol. The van der Waals surface area contributed by atoms with Crippen LogP contribution >= 0.6 is 11.6 Å². The molecule has 1 N–H and O–H groups in total. The Morgan fingerprint density at radius 2 is 1.72 bits per heavy atom. The van der Waals surface area contributed by atoms with Gasteiger partial charge in [0.15, 0.2) is 17.4 Å². The second kappa shape index (κ2) is 5.86. The fourth-order valence-electron chi connectivity index (χ4n) is 2.78. The maximum atomic E-state index is 14.3. The zero-order valence-corrected chi connectivity index (χ0v) is 13.5. The lowest BCUT2D eigenvalue weighted by molar-refractivity contribution is 0.399. The minimum absolute atomic E-state index is 0.0180. The smallest absolute Gasteiger partial charge is 0.194 e. The maximum Gasteiger partial charge on any atom is 0.194 e. The van der Waals surface area contributed by atoms with Gasteiger partial charge in [-0.2, -0.15) is 5.10 Å². The molecule has 0 amide bonds. The number of aromatic nitrogens is 2. The van der Waals surface area contributed by atoms with Crippen LogP contribution in [0.15, 0.2) is 60.8 Å². The van der Waals surface area contributed by atoms with Crippen molar-refractivity contribution in [3.8, 4) is 22.6 Å². The van der Waals surface area contributed by atoms with E-state index in [4.69, 9.17) is 11.6 Å². The summed E-state index contributed by atoms with van der Waals surface area (Å²) in [5.74, 6) is -3.07. The van der Waals surface area contributed by atoms with E-state index in [9.17, 15) is 13.9 Å². The lowest BCUT2D eigenvalue weighted by atomic mass is 10.1. The second-order valence-electron chi connectivity index (χ2n) is 5.54. The summed E-state index contributed by atoms with van der Waals surface area (Å²) in [4.78, 5) is 0. The third-order valence-corrected chi connectivity index (χ3v) is 4.35. The number of hydrogen-bond acceptors (Lipinski definition) is 2. The van der Waals surface area contributed by atoms with Crippen molar-refractivity contribution in [3.63, 3.8) is 0 Å². The topological polar surface area (TPSA) is 38.1 Å². The zero-order chi connectivity index (χ0) is 17.6. The van der Waals surface area contributed by atoms with Crippen molar-refractivity contribution in [1.82, 2.24) is 9.78 Å². The Labute approximate surface area is 146 Å². The average Bonchev–Trinajstić information content (AvgIpc) is 3.04. The van der Waals surface area contributed by atoms with E-state index in [0.717, 1.165) is 17.2 Å². The number of hydrogen-bond donors (Lipinski definition) is 1. The summed E-state index contributed by atoms with van der Waals surface area (Å²) in [6, 6.07) is 15.7. The van der Waals surface area contributed by atoms with Gasteiger partial charge in [0.1, 0.15) is 5.52 Å². The van der Waals surface area contributed by atoms with Crippen molar-refractivity contribution in [2.45, 2.75) is 0 Å². The minimum Gasteiger partial charge on any atom is -0.503 e. The van der Waals surface area contributed by atoms with Crippen LogP contribution in [0.3, 0.4) is 0 Å². The molecule has 0 spiro atoms. The standard InChI is InChI=1S/C19H11ClF2N2O/c20-15-4-2-1-3-14(15)11-5-7-13(8-6-11)24-18-12(10-23-24)9-16(21)19(25)17(18)22/h1-10,25H. The molecule has 6 heteroatoms. The molecule has 25 heavy (non-hydrogen) atoms. The van der Waals surface area contributed by atoms with Crippen LogP contribution in [0.5, 0.6) is 5.75 Å². The number of phenols is 1. The highest BCUT2D eigenvalue weighted by Crippen LogP contribution is 2.31. The van der Waals surface area contributed by atoms with Gasteiger partial charge in [-0.3, -0.25) is 0 Å². The molecule has 0 atom stereocenters. The van der Waals surface area contributed by atoms with Crippen molar-refractivity contribution in [2.24, 2.45) is 0 Å². The first-order chi connectivity index (χ1) is 12.1. The van der Waals surface area contributed by atoms with Crippen molar-refractivity contribution >= 4 is 22.5 Å². The van der Waals surface area contributed by atoms with Crippen LogP contribution in [0.25, 0.3) is 27.7 Å². The highest BCUT2D eigenvalue weighted by atomic mass is 35.5. The predicted octanol–water partition coefficient (Wildman–Crippen LogP) is 5.33. The molecule has 0 bridgehead atoms. The molecule has 1 aromatic heterocycles. The maximum absolute atomic E-state index is 14.3. The lowest BCUT2D eigenvalue weighted by Crippen LogP contribution is -1.98. The Morgan fingerprint density at radius 3 is 2.44 bits per heavy atom. The molecule has 0 saturated heterocycles. The molecule has 0 fully saturated rings. The molecule has 0 aliphatic heterocycles. The summed E-state index contributed by atoms with van der Waals surface area (Å²) < 4.78 is 29.0. The molecule has 3 aromatic carbocycles. The van der Waals surface area contributed by atoms with Gasteiger partial charge in [0, 0.05) is 16.0 Å². The van der Waals surface area contributed by atoms with Gasteiger partial charge in [-0.25, -0.2) is 13.5 Å². The van der Waals surface area contributed by atoms with Crippen LogP contribution in [0, 0.1) is 11.6 Å². The summed E-state index contributed by atoms with van der Waals surface area (Å²) in [5.41, 5.74) is 2.38. The van der Waals surface area contributed by atoms with Gasteiger partial charge < -0.3 is 5.11 Å². The van der Waals surface area contributed by atoms with Crippen molar-refractivity contribution < 1.29 is 13.9 Å². The highest BCUT2D eigenvalue weighted by Gasteiger charge is 2.17. The van der Waals surface area contributed by atoms with E-state index in [-0.39, 0.29) is 10.9 Å². The van der Waals surface area contributed by atoms with Gasteiger partial charge in [-0.15, -0.1) is 0 Å². The van der Waals surface area contributed by atoms with Crippen LogP contribution in [0.4, 0.5) is 8.78 Å². The first kappa shape index (κ1) is 15.6. The molecule has 0 saturated carbocycles. The molecule has 0 radical (unpaired) electrons. The molecule has 0 aliphatic rings. The first-order valence-corrected chi connectivity index (χ1v) is 7.84. The van der Waals surface area contributed by atoms with Gasteiger partial charge >= 0.3 is 0 Å². The Hall–Kier alpha value is -2.92. The fraction of sp³-hybridized carbons (Fsp3) is 0. The van der Waals surface area contributed by atoms with Crippen molar-refractivity contribution in [3.05, 3.63) is 77.5 Å². The van der Waals surface area contributed by atoms with E-state index >= 15 is 0 Å². The molecule has 4 aromatic rings. The molecule has 4 rings (SSSR count). The van der Waals surface area contributed by atoms with Crippen molar-refractivity contribution in [1.29, 1.82) is 0 Å². The molecule has 0 unspecified atom stereocenters. The van der Waals surface area contributed by atoms with Crippen molar-refractivity contribution in [2.75, 3.05) is 0 Å². The molecule has 0 aliphatic carbocycles. The molecular formula is C19H11ClF2N2O. The summed E-state index contributed by atoms with van der Waals surface area (Å²) >= 11 is 6.20. The number of halogens is 3. The third-order valence-electron chi connectivity index (χ3n) is 4.02. The van der Waals surface area contributed by atoms with Crippen LogP contribution < -0.4 is 0 Å². The summed E-state index contributed by atoms with van der Waals surface area (Å²) in [7, 11) is 0. The summed E-state index contributed by atoms with van der Waals surface area (Å²) in [6.45, 7) is 0. The number of aromatic hydroxyl groups is 1. The van der Waals surface area contributed by atoms with E-state index < -0.39 is 17.4 Å². The fourth-order valence-corrected chi connectivity index (χ4v) is 3.03. The summed E-state index contributed by atoms with van der Waals surface area (Å²) in [6.07, 6.45) is 1.35. The summed E-state index contributed by atoms with van der Waals surface area (Å²) in [5, 5.41) is 14.5. The van der Waals surface area contributed by atoms with Gasteiger partial charge in [0.05, 0.1) is 11.9 Å². The largest absolute Gasteiger partial charge is 0.503 e. The monoisotopic (exact) mass is 356 g/mol. The number of fused-ring (bicyclic) bond motifs is 1. The quantitative estimate of drug-likeness (QED) is 0.527. The Kier molecular flexibility index (Phi) is 3.66. The first-order valence-electron chi connectivity index (χ1n) is 7.46. The van der Waals surface area contributed by atoms with Gasteiger partial charge in [-0.1, -0.05) is 41.9 Å². The Bertz CT molecular complexity index is 1090. The SMILES string of the molecule is Oc1c(F)cc2cnn(-c3ccc(-c4ccccc4Cl)cc3)c2c1F. The van der Waals surface area contributed by atoms with E-state index in [1.54, 1.807) is 18.2 Å². The van der Waals surface area contributed by atoms with Gasteiger partial charge in [0.2, 0.25) is 0 Å². The number of nitrogens with zero attached hydrogens (tertiary/aromatic N) is 2. The van der Waals surface area contributed by atoms with Gasteiger partial charge in [0.25, 0.3) is 0 Å². The van der Waals surface area contributed by atoms with Crippen LogP contribution in [0.2, 0.25) is 5.02 Å². The van der Waals surface area contributed by atoms with Gasteiger partial charge in [-0.05, 0) is 29.8 Å². The number of rotatable bonds is 2. The second-order valence-corrected chi connectivity index (χ2v) is 5.95. The molecular weight excluding hydrogens is 346 g/mol. The van der Waals surface area contributed by atoms with E-state index in [0.29, 0.717) is 10.7 Å². The molecule has 3 nitrogen and oxygen atoms in total. The highest BCUT2D eigenvalue weighted by molar-refractivity contribution is 6.33. The average molecular weight is 357 g/mol. The normalized spacial score (nSPS) is 11.2. The van der Waals surface area contributed by atoms with Crippen LogP contribution in [-0.4, -0.2) is 14.9 Å². The van der Waals surface area contributed by atoms with Crippen LogP contribution in [-0.2, 0) is 0 Å². The lowest BCUT2D eigenvalue weighted by Gasteiger charge is -2.08. The molecule has 1 heterocycles. The minimum atomic E-state index is -1.04. The Balaban J connectivity index is 1.83. The number of benzene rings is 3. The Morgan fingerprint density at radius 1 is 1.00 bits per heavy atom. The van der Waals surface area contributed by atoms with Crippen LogP contribution in [0.1, 0.15) is 0 Å². The van der Waals surface area contributed by atoms with E-state index in [1.165, 1.54) is 10.9 Å². The third kappa shape index (κ3) is 2.53. The number of phenolic OH excluding ortho intramolecular Hbond substituents is 1. The molecule has 124 valence electrons.